The second-order valence-electron chi connectivity index (χ2n) is 7.24. The van der Waals surface area contributed by atoms with Crippen LogP contribution in [0.25, 0.3) is 0 Å². The van der Waals surface area contributed by atoms with Gasteiger partial charge in [-0.2, -0.15) is 11.8 Å². The first kappa shape index (κ1) is 21.8. The summed E-state index contributed by atoms with van der Waals surface area (Å²) in [5.74, 6) is 1.24. The van der Waals surface area contributed by atoms with Crippen LogP contribution >= 0.6 is 11.8 Å². The summed E-state index contributed by atoms with van der Waals surface area (Å²) < 4.78 is 0. The Kier molecular flexibility index (Phi) is 11.8. The molecule has 1 aliphatic carbocycles. The van der Waals surface area contributed by atoms with Crippen molar-refractivity contribution in [3.05, 3.63) is 0 Å². The van der Waals surface area contributed by atoms with Crippen LogP contribution in [0.5, 0.6) is 0 Å². The van der Waals surface area contributed by atoms with Crippen molar-refractivity contribution < 1.29 is 20.1 Å². The van der Waals surface area contributed by atoms with Crippen molar-refractivity contribution in [3.8, 4) is 0 Å². The zero-order chi connectivity index (χ0) is 17.8. The van der Waals surface area contributed by atoms with E-state index >= 15 is 0 Å². The maximum absolute atomic E-state index is 10.5. The lowest BCUT2D eigenvalue weighted by Crippen LogP contribution is -2.20. The smallest absolute Gasteiger partial charge is 0.313 e. The number of unbranched alkanes of at least 4 members (excludes halogenated alkanes) is 3. The van der Waals surface area contributed by atoms with Crippen LogP contribution in [0.2, 0.25) is 0 Å². The molecule has 0 aromatic heterocycles. The molecule has 4 nitrogen and oxygen atoms in total. The predicted molar refractivity (Wildman–Crippen MR) is 100 cm³/mol. The van der Waals surface area contributed by atoms with Crippen LogP contribution in [0.4, 0.5) is 0 Å². The van der Waals surface area contributed by atoms with Gasteiger partial charge in [-0.3, -0.25) is 4.79 Å². The minimum atomic E-state index is -0.747. The Morgan fingerprint density at radius 2 is 1.92 bits per heavy atom. The molecule has 0 heterocycles. The number of thioether (sulfide) groups is 1. The van der Waals surface area contributed by atoms with Crippen LogP contribution in [-0.4, -0.2) is 45.0 Å². The van der Waals surface area contributed by atoms with E-state index in [1.54, 1.807) is 0 Å². The van der Waals surface area contributed by atoms with E-state index in [2.05, 4.69) is 6.92 Å². The molecule has 0 amide bonds. The van der Waals surface area contributed by atoms with Gasteiger partial charge in [0.1, 0.15) is 0 Å². The van der Waals surface area contributed by atoms with Crippen molar-refractivity contribution in [3.63, 3.8) is 0 Å². The molecule has 0 radical (unpaired) electrons. The fourth-order valence-corrected chi connectivity index (χ4v) is 4.57. The molecular weight excluding hydrogens is 324 g/mol. The van der Waals surface area contributed by atoms with Crippen molar-refractivity contribution in [1.29, 1.82) is 0 Å². The number of carboxylic acid groups (broad SMARTS) is 1. The highest BCUT2D eigenvalue weighted by atomic mass is 32.2. The highest BCUT2D eigenvalue weighted by Crippen LogP contribution is 2.38. The standard InChI is InChI=1S/C19H36O4S/c1-2-3-4-7-16(20)11-9-15-10-12-18(21)17(15)8-5-6-13-24-14-19(22)23/h15-18,20-21H,2-14H2,1H3,(H,22,23)/t15-,16?,17+,18-/m0/s1. The third-order valence-electron chi connectivity index (χ3n) is 5.25. The molecule has 5 heteroatoms. The molecule has 0 saturated heterocycles. The van der Waals surface area contributed by atoms with Gasteiger partial charge in [0.15, 0.2) is 0 Å². The second kappa shape index (κ2) is 13.0. The summed E-state index contributed by atoms with van der Waals surface area (Å²) in [6, 6.07) is 0. The first-order chi connectivity index (χ1) is 11.5. The Balaban J connectivity index is 2.18. The predicted octanol–water partition coefficient (Wildman–Crippen LogP) is 4.08. The van der Waals surface area contributed by atoms with E-state index < -0.39 is 5.97 Å². The monoisotopic (exact) mass is 360 g/mol. The first-order valence-corrected chi connectivity index (χ1v) is 10.9. The topological polar surface area (TPSA) is 77.8 Å². The summed E-state index contributed by atoms with van der Waals surface area (Å²) in [4.78, 5) is 10.5. The zero-order valence-corrected chi connectivity index (χ0v) is 16.0. The van der Waals surface area contributed by atoms with Crippen LogP contribution in [-0.2, 0) is 4.79 Å². The quantitative estimate of drug-likeness (QED) is 0.407. The van der Waals surface area contributed by atoms with Gasteiger partial charge in [-0.1, -0.05) is 32.6 Å². The SMILES string of the molecule is CCCCCC(O)CC[C@H]1CC[C@H](O)[C@@H]1CCCCSCC(=O)O. The first-order valence-electron chi connectivity index (χ1n) is 9.70. The van der Waals surface area contributed by atoms with Gasteiger partial charge in [-0.15, -0.1) is 0 Å². The molecule has 24 heavy (non-hydrogen) atoms. The minimum absolute atomic E-state index is 0.178. The van der Waals surface area contributed by atoms with Crippen molar-refractivity contribution in [1.82, 2.24) is 0 Å². The molecule has 1 aliphatic rings. The van der Waals surface area contributed by atoms with Gasteiger partial charge in [0.25, 0.3) is 0 Å². The number of carbonyl (C=O) groups is 1. The third-order valence-corrected chi connectivity index (χ3v) is 6.27. The summed E-state index contributed by atoms with van der Waals surface area (Å²) in [5, 5.41) is 28.9. The lowest BCUT2D eigenvalue weighted by Gasteiger charge is -2.23. The van der Waals surface area contributed by atoms with Gasteiger partial charge in [0, 0.05) is 0 Å². The molecule has 1 unspecified atom stereocenters. The highest BCUT2D eigenvalue weighted by Gasteiger charge is 2.34. The Hall–Kier alpha value is -0.260. The van der Waals surface area contributed by atoms with E-state index in [9.17, 15) is 15.0 Å². The van der Waals surface area contributed by atoms with Crippen LogP contribution in [0.3, 0.4) is 0 Å². The molecule has 1 saturated carbocycles. The number of carboxylic acids is 1. The van der Waals surface area contributed by atoms with Gasteiger partial charge in [-0.25, -0.2) is 0 Å². The molecule has 1 fully saturated rings. The maximum atomic E-state index is 10.5. The summed E-state index contributed by atoms with van der Waals surface area (Å²) in [5.41, 5.74) is 0. The normalized spacial score (nSPS) is 25.0. The van der Waals surface area contributed by atoms with Crippen LogP contribution in [0.15, 0.2) is 0 Å². The fraction of sp³-hybridized carbons (Fsp3) is 0.947. The molecule has 0 aromatic carbocycles. The van der Waals surface area contributed by atoms with E-state index in [-0.39, 0.29) is 18.0 Å². The van der Waals surface area contributed by atoms with Gasteiger partial charge >= 0.3 is 5.97 Å². The number of hydrogen-bond donors (Lipinski definition) is 3. The van der Waals surface area contributed by atoms with E-state index in [0.717, 1.165) is 63.5 Å². The van der Waals surface area contributed by atoms with E-state index in [1.165, 1.54) is 24.6 Å². The second-order valence-corrected chi connectivity index (χ2v) is 8.34. The number of aliphatic carboxylic acids is 1. The molecular formula is C19H36O4S. The molecule has 0 aromatic rings. The average molecular weight is 361 g/mol. The van der Waals surface area contributed by atoms with Crippen molar-refractivity contribution in [2.24, 2.45) is 11.8 Å². The van der Waals surface area contributed by atoms with Crippen LogP contribution < -0.4 is 0 Å². The number of aliphatic hydroxyl groups excluding tert-OH is 2. The number of rotatable bonds is 14. The zero-order valence-electron chi connectivity index (χ0n) is 15.2. The molecule has 0 spiro atoms. The lowest BCUT2D eigenvalue weighted by atomic mass is 9.85. The largest absolute Gasteiger partial charge is 0.481 e. The summed E-state index contributed by atoms with van der Waals surface area (Å²) >= 11 is 1.47. The van der Waals surface area contributed by atoms with E-state index in [0.29, 0.717) is 11.8 Å². The summed E-state index contributed by atoms with van der Waals surface area (Å²) in [6.45, 7) is 2.18. The Labute approximate surface area is 151 Å². The van der Waals surface area contributed by atoms with Crippen LogP contribution in [0.1, 0.15) is 77.6 Å². The third kappa shape index (κ3) is 9.28. The van der Waals surface area contributed by atoms with Gasteiger partial charge in [-0.05, 0) is 62.5 Å². The van der Waals surface area contributed by atoms with Crippen molar-refractivity contribution in [2.75, 3.05) is 11.5 Å². The summed E-state index contributed by atoms with van der Waals surface area (Å²) in [7, 11) is 0. The van der Waals surface area contributed by atoms with E-state index in [4.69, 9.17) is 5.11 Å². The molecule has 0 bridgehead atoms. The molecule has 1 rings (SSSR count). The Morgan fingerprint density at radius 3 is 2.62 bits per heavy atom. The van der Waals surface area contributed by atoms with E-state index in [1.807, 2.05) is 0 Å². The average Bonchev–Trinajstić information content (AvgIpc) is 2.89. The molecule has 0 aliphatic heterocycles. The van der Waals surface area contributed by atoms with Gasteiger partial charge in [0.2, 0.25) is 0 Å². The van der Waals surface area contributed by atoms with Gasteiger partial charge < -0.3 is 15.3 Å². The summed E-state index contributed by atoms with van der Waals surface area (Å²) in [6.07, 6.45) is 11.0. The molecule has 142 valence electrons. The lowest BCUT2D eigenvalue weighted by molar-refractivity contribution is -0.133. The fourth-order valence-electron chi connectivity index (χ4n) is 3.84. The minimum Gasteiger partial charge on any atom is -0.481 e. The highest BCUT2D eigenvalue weighted by molar-refractivity contribution is 7.99. The maximum Gasteiger partial charge on any atom is 0.313 e. The number of hydrogen-bond acceptors (Lipinski definition) is 4. The van der Waals surface area contributed by atoms with Crippen molar-refractivity contribution >= 4 is 17.7 Å². The van der Waals surface area contributed by atoms with Gasteiger partial charge in [0.05, 0.1) is 18.0 Å². The number of aliphatic hydroxyl groups is 2. The van der Waals surface area contributed by atoms with Crippen LogP contribution in [0, 0.1) is 11.8 Å². The molecule has 4 atom stereocenters. The molecule has 3 N–H and O–H groups in total. The Morgan fingerprint density at radius 1 is 1.12 bits per heavy atom. The van der Waals surface area contributed by atoms with Crippen molar-refractivity contribution in [2.45, 2.75) is 89.8 Å². The Bertz CT molecular complexity index is 337.